The molecule has 16 heavy (non-hydrogen) atoms. The number of benzene rings is 1. The van der Waals surface area contributed by atoms with Crippen LogP contribution in [0.4, 0.5) is 0 Å². The van der Waals surface area contributed by atoms with E-state index in [1.165, 1.54) is 0 Å². The van der Waals surface area contributed by atoms with E-state index in [0.717, 1.165) is 10.9 Å². The summed E-state index contributed by atoms with van der Waals surface area (Å²) >= 11 is 0. The number of aliphatic hydroxyl groups is 1. The van der Waals surface area contributed by atoms with Gasteiger partial charge in [-0.3, -0.25) is 9.89 Å². The summed E-state index contributed by atoms with van der Waals surface area (Å²) in [6.45, 7) is 0.866. The van der Waals surface area contributed by atoms with Crippen molar-refractivity contribution in [3.8, 4) is 0 Å². The Morgan fingerprint density at radius 1 is 1.50 bits per heavy atom. The number of rotatable bonds is 1. The number of carbonyl (C=O) groups excluding carboxylic acids is 1. The molecule has 2 aromatic rings. The maximum absolute atomic E-state index is 11.9. The van der Waals surface area contributed by atoms with Gasteiger partial charge in [-0.15, -0.1) is 0 Å². The second-order valence-corrected chi connectivity index (χ2v) is 4.04. The van der Waals surface area contributed by atoms with Gasteiger partial charge in [0.25, 0.3) is 5.91 Å². The van der Waals surface area contributed by atoms with Crippen molar-refractivity contribution in [3.63, 3.8) is 0 Å². The van der Waals surface area contributed by atoms with E-state index in [1.54, 1.807) is 17.2 Å². The van der Waals surface area contributed by atoms with Crippen molar-refractivity contribution in [3.05, 3.63) is 30.0 Å². The van der Waals surface area contributed by atoms with Gasteiger partial charge >= 0.3 is 0 Å². The maximum Gasteiger partial charge on any atom is 0.254 e. The summed E-state index contributed by atoms with van der Waals surface area (Å²) in [4.78, 5) is 13.6. The fourth-order valence-electron chi connectivity index (χ4n) is 1.88. The molecule has 82 valence electrons. The fourth-order valence-corrected chi connectivity index (χ4v) is 1.88. The number of carbonyl (C=O) groups is 1. The summed E-state index contributed by atoms with van der Waals surface area (Å²) in [5.74, 6) is -0.0339. The van der Waals surface area contributed by atoms with Crippen molar-refractivity contribution in [1.82, 2.24) is 15.1 Å². The fraction of sp³-hybridized carbons (Fsp3) is 0.273. The monoisotopic (exact) mass is 217 g/mol. The minimum absolute atomic E-state index is 0.0339. The molecule has 0 spiro atoms. The number of aromatic amines is 1. The van der Waals surface area contributed by atoms with Crippen LogP contribution in [0.25, 0.3) is 10.9 Å². The summed E-state index contributed by atoms with van der Waals surface area (Å²) < 4.78 is 0. The van der Waals surface area contributed by atoms with Gasteiger partial charge in [0.05, 0.1) is 17.8 Å². The minimum atomic E-state index is -0.360. The summed E-state index contributed by atoms with van der Waals surface area (Å²) in [7, 11) is 0. The third-order valence-electron chi connectivity index (χ3n) is 2.84. The molecule has 1 saturated heterocycles. The molecular weight excluding hydrogens is 206 g/mol. The third-order valence-corrected chi connectivity index (χ3v) is 2.84. The number of hydrogen-bond donors (Lipinski definition) is 2. The second-order valence-electron chi connectivity index (χ2n) is 4.04. The highest BCUT2D eigenvalue weighted by molar-refractivity contribution is 5.98. The topological polar surface area (TPSA) is 69.2 Å². The van der Waals surface area contributed by atoms with Gasteiger partial charge < -0.3 is 10.0 Å². The van der Waals surface area contributed by atoms with Gasteiger partial charge in [-0.1, -0.05) is 0 Å². The summed E-state index contributed by atoms with van der Waals surface area (Å²) in [6.07, 6.45) is 1.33. The van der Waals surface area contributed by atoms with E-state index in [-0.39, 0.29) is 12.0 Å². The van der Waals surface area contributed by atoms with Crippen molar-refractivity contribution in [2.45, 2.75) is 6.10 Å². The van der Waals surface area contributed by atoms with Crippen LogP contribution in [0.5, 0.6) is 0 Å². The molecule has 1 aromatic carbocycles. The summed E-state index contributed by atoms with van der Waals surface area (Å²) in [5.41, 5.74) is 1.56. The van der Waals surface area contributed by atoms with Crippen LogP contribution in [-0.2, 0) is 0 Å². The van der Waals surface area contributed by atoms with E-state index >= 15 is 0 Å². The third kappa shape index (κ3) is 1.37. The number of amides is 1. The van der Waals surface area contributed by atoms with Gasteiger partial charge in [0.15, 0.2) is 0 Å². The van der Waals surface area contributed by atoms with E-state index in [1.807, 2.05) is 12.1 Å². The van der Waals surface area contributed by atoms with E-state index in [2.05, 4.69) is 10.2 Å². The Morgan fingerprint density at radius 2 is 2.31 bits per heavy atom. The Morgan fingerprint density at radius 3 is 3.06 bits per heavy atom. The molecule has 0 bridgehead atoms. The molecule has 2 heterocycles. The zero-order valence-corrected chi connectivity index (χ0v) is 8.55. The summed E-state index contributed by atoms with van der Waals surface area (Å²) in [6, 6.07) is 5.42. The molecule has 5 heteroatoms. The lowest BCUT2D eigenvalue weighted by Crippen LogP contribution is -2.53. The number of aromatic nitrogens is 2. The van der Waals surface area contributed by atoms with Crippen LogP contribution >= 0.6 is 0 Å². The standard InChI is InChI=1S/C11H11N3O2/c15-9-5-14(6-9)11(16)7-1-2-10-8(3-7)4-12-13-10/h1-4,9,15H,5-6H2,(H,12,13). The quantitative estimate of drug-likeness (QED) is 0.725. The Kier molecular flexibility index (Phi) is 1.94. The van der Waals surface area contributed by atoms with E-state index in [0.29, 0.717) is 18.7 Å². The first kappa shape index (κ1) is 9.35. The first-order chi connectivity index (χ1) is 7.74. The molecule has 1 amide bonds. The normalized spacial score (nSPS) is 16.4. The average molecular weight is 217 g/mol. The molecule has 0 saturated carbocycles. The highest BCUT2D eigenvalue weighted by atomic mass is 16.3. The van der Waals surface area contributed by atoms with E-state index < -0.39 is 0 Å². The van der Waals surface area contributed by atoms with Gasteiger partial charge in [-0.05, 0) is 18.2 Å². The van der Waals surface area contributed by atoms with Crippen LogP contribution < -0.4 is 0 Å². The number of nitrogens with one attached hydrogen (secondary N) is 1. The molecular formula is C11H11N3O2. The van der Waals surface area contributed by atoms with Crippen LogP contribution in [0.15, 0.2) is 24.4 Å². The Balaban J connectivity index is 1.90. The van der Waals surface area contributed by atoms with Crippen LogP contribution in [0, 0.1) is 0 Å². The van der Waals surface area contributed by atoms with Gasteiger partial charge in [0.2, 0.25) is 0 Å². The smallest absolute Gasteiger partial charge is 0.254 e. The van der Waals surface area contributed by atoms with E-state index in [9.17, 15) is 4.79 Å². The zero-order valence-electron chi connectivity index (χ0n) is 8.55. The van der Waals surface area contributed by atoms with Gasteiger partial charge in [-0.2, -0.15) is 5.10 Å². The van der Waals surface area contributed by atoms with Crippen molar-refractivity contribution < 1.29 is 9.90 Å². The molecule has 3 rings (SSSR count). The minimum Gasteiger partial charge on any atom is -0.389 e. The highest BCUT2D eigenvalue weighted by Gasteiger charge is 2.29. The number of likely N-dealkylation sites (tertiary alicyclic amines) is 1. The molecule has 1 aliphatic heterocycles. The predicted octanol–water partition coefficient (Wildman–Crippen LogP) is 0.380. The lowest BCUT2D eigenvalue weighted by molar-refractivity contribution is 0.00591. The first-order valence-electron chi connectivity index (χ1n) is 5.14. The molecule has 0 aliphatic carbocycles. The van der Waals surface area contributed by atoms with Crippen molar-refractivity contribution >= 4 is 16.8 Å². The van der Waals surface area contributed by atoms with Crippen molar-refractivity contribution in [2.75, 3.05) is 13.1 Å². The average Bonchev–Trinajstić information content (AvgIpc) is 2.70. The molecule has 1 fully saturated rings. The Bertz CT molecular complexity index is 543. The Hall–Kier alpha value is -1.88. The molecule has 0 unspecified atom stereocenters. The van der Waals surface area contributed by atoms with Gasteiger partial charge in [0.1, 0.15) is 0 Å². The van der Waals surface area contributed by atoms with Gasteiger partial charge in [0, 0.05) is 24.0 Å². The molecule has 2 N–H and O–H groups in total. The highest BCUT2D eigenvalue weighted by Crippen LogP contribution is 2.17. The second kappa shape index (κ2) is 3.31. The largest absolute Gasteiger partial charge is 0.389 e. The predicted molar refractivity (Wildman–Crippen MR) is 58.0 cm³/mol. The number of nitrogens with zero attached hydrogens (tertiary/aromatic N) is 2. The van der Waals surface area contributed by atoms with Crippen LogP contribution in [-0.4, -0.2) is 45.3 Å². The lowest BCUT2D eigenvalue weighted by atomic mass is 10.1. The SMILES string of the molecule is O=C(c1ccc2[nH]ncc2c1)N1CC(O)C1. The Labute approximate surface area is 91.7 Å². The zero-order chi connectivity index (χ0) is 11.1. The molecule has 1 aromatic heterocycles. The van der Waals surface area contributed by atoms with E-state index in [4.69, 9.17) is 5.11 Å². The lowest BCUT2D eigenvalue weighted by Gasteiger charge is -2.35. The number of β-amino-alcohol motifs (C(OH)–C–C–N with tert-alkyl or cyclic N) is 1. The molecule has 1 aliphatic rings. The van der Waals surface area contributed by atoms with Crippen LogP contribution in [0.1, 0.15) is 10.4 Å². The summed E-state index contributed by atoms with van der Waals surface area (Å²) in [5, 5.41) is 16.8. The maximum atomic E-state index is 11.9. The number of hydrogen-bond acceptors (Lipinski definition) is 3. The van der Waals surface area contributed by atoms with Crippen molar-refractivity contribution in [2.24, 2.45) is 0 Å². The van der Waals surface area contributed by atoms with Crippen molar-refractivity contribution in [1.29, 1.82) is 0 Å². The van der Waals surface area contributed by atoms with Gasteiger partial charge in [-0.25, -0.2) is 0 Å². The number of fused-ring (bicyclic) bond motifs is 1. The first-order valence-corrected chi connectivity index (χ1v) is 5.14. The van der Waals surface area contributed by atoms with Crippen LogP contribution in [0.3, 0.4) is 0 Å². The molecule has 0 radical (unpaired) electrons. The number of H-pyrrole nitrogens is 1. The number of aliphatic hydroxyl groups excluding tert-OH is 1. The molecule has 0 atom stereocenters. The molecule has 5 nitrogen and oxygen atoms in total. The van der Waals surface area contributed by atoms with Crippen LogP contribution in [0.2, 0.25) is 0 Å².